The molecule has 2 N–H and O–H groups in total. The van der Waals surface area contributed by atoms with Crippen LogP contribution in [0.15, 0.2) is 4.99 Å². The highest BCUT2D eigenvalue weighted by Crippen LogP contribution is 2.16. The number of nitrogens with zero attached hydrogens (tertiary/aromatic N) is 2. The fourth-order valence-corrected chi connectivity index (χ4v) is 2.70. The lowest BCUT2D eigenvalue weighted by atomic mass is 9.93. The molecular formula is C18H40N4O. The van der Waals surface area contributed by atoms with Gasteiger partial charge in [-0.3, -0.25) is 4.99 Å². The second-order valence-corrected chi connectivity index (χ2v) is 7.55. The van der Waals surface area contributed by atoms with Gasteiger partial charge in [0.1, 0.15) is 0 Å². The van der Waals surface area contributed by atoms with Crippen LogP contribution in [0.2, 0.25) is 0 Å². The van der Waals surface area contributed by atoms with Gasteiger partial charge in [0, 0.05) is 32.8 Å². The summed E-state index contributed by atoms with van der Waals surface area (Å²) < 4.78 is 5.80. The molecule has 23 heavy (non-hydrogen) atoms. The fraction of sp³-hybridized carbons (Fsp3) is 0.944. The molecule has 0 radical (unpaired) electrons. The van der Waals surface area contributed by atoms with Gasteiger partial charge < -0.3 is 20.3 Å². The molecule has 0 fully saturated rings. The molecule has 0 aromatic rings. The van der Waals surface area contributed by atoms with Crippen molar-refractivity contribution in [1.82, 2.24) is 15.5 Å². The smallest absolute Gasteiger partial charge is 0.191 e. The highest BCUT2D eigenvalue weighted by molar-refractivity contribution is 5.79. The summed E-state index contributed by atoms with van der Waals surface area (Å²) >= 11 is 0. The normalized spacial score (nSPS) is 14.4. The Morgan fingerprint density at radius 3 is 2.30 bits per heavy atom. The summed E-state index contributed by atoms with van der Waals surface area (Å²) in [6.45, 7) is 17.4. The molecule has 1 atom stereocenters. The Labute approximate surface area is 144 Å². The summed E-state index contributed by atoms with van der Waals surface area (Å²) in [5.41, 5.74) is 0.164. The quantitative estimate of drug-likeness (QED) is 0.452. The van der Waals surface area contributed by atoms with Gasteiger partial charge in [-0.1, -0.05) is 27.7 Å². The molecule has 0 aliphatic carbocycles. The zero-order valence-corrected chi connectivity index (χ0v) is 16.7. The number of hydrogen-bond donors (Lipinski definition) is 2. The van der Waals surface area contributed by atoms with E-state index < -0.39 is 0 Å². The van der Waals surface area contributed by atoms with Gasteiger partial charge in [-0.2, -0.15) is 0 Å². The highest BCUT2D eigenvalue weighted by Gasteiger charge is 2.19. The molecule has 1 unspecified atom stereocenters. The molecule has 138 valence electrons. The Morgan fingerprint density at radius 1 is 1.17 bits per heavy atom. The first-order valence-corrected chi connectivity index (χ1v) is 9.00. The molecule has 0 bridgehead atoms. The number of guanidine groups is 1. The third kappa shape index (κ3) is 11.4. The second kappa shape index (κ2) is 11.7. The molecule has 0 amide bonds. The third-order valence-electron chi connectivity index (χ3n) is 3.60. The largest absolute Gasteiger partial charge is 0.378 e. The van der Waals surface area contributed by atoms with Crippen molar-refractivity contribution in [2.75, 3.05) is 46.9 Å². The summed E-state index contributed by atoms with van der Waals surface area (Å²) in [5, 5.41) is 6.76. The van der Waals surface area contributed by atoms with Gasteiger partial charge in [0.2, 0.25) is 0 Å². The second-order valence-electron chi connectivity index (χ2n) is 7.55. The predicted octanol–water partition coefficient (Wildman–Crippen LogP) is 2.58. The first-order chi connectivity index (χ1) is 10.7. The van der Waals surface area contributed by atoms with E-state index in [-0.39, 0.29) is 5.41 Å². The molecule has 0 aliphatic heterocycles. The van der Waals surface area contributed by atoms with Crippen molar-refractivity contribution in [2.45, 2.75) is 54.1 Å². The van der Waals surface area contributed by atoms with Crippen LogP contribution in [0.1, 0.15) is 48.0 Å². The average Bonchev–Trinajstić information content (AvgIpc) is 2.42. The molecule has 0 spiro atoms. The van der Waals surface area contributed by atoms with Gasteiger partial charge in [-0.25, -0.2) is 0 Å². The van der Waals surface area contributed by atoms with Gasteiger partial charge in [0.05, 0.1) is 6.10 Å². The van der Waals surface area contributed by atoms with Crippen molar-refractivity contribution < 1.29 is 4.74 Å². The number of rotatable bonds is 11. The Balaban J connectivity index is 4.47. The van der Waals surface area contributed by atoms with E-state index in [1.54, 1.807) is 0 Å². The van der Waals surface area contributed by atoms with Gasteiger partial charge in [-0.15, -0.1) is 0 Å². The number of ether oxygens (including phenoxy) is 1. The molecule has 0 aromatic heterocycles. The van der Waals surface area contributed by atoms with Crippen LogP contribution < -0.4 is 10.6 Å². The van der Waals surface area contributed by atoms with Crippen LogP contribution in [0, 0.1) is 11.3 Å². The van der Waals surface area contributed by atoms with E-state index in [4.69, 9.17) is 9.73 Å². The topological polar surface area (TPSA) is 48.9 Å². The molecule has 5 heteroatoms. The highest BCUT2D eigenvalue weighted by atomic mass is 16.5. The van der Waals surface area contributed by atoms with Gasteiger partial charge in [0.15, 0.2) is 5.96 Å². The first-order valence-electron chi connectivity index (χ1n) is 9.00. The van der Waals surface area contributed by atoms with Crippen LogP contribution in [0.25, 0.3) is 0 Å². The lowest BCUT2D eigenvalue weighted by Gasteiger charge is -2.27. The molecule has 0 aromatic carbocycles. The van der Waals surface area contributed by atoms with E-state index in [2.05, 4.69) is 71.2 Å². The van der Waals surface area contributed by atoms with Crippen LogP contribution in [-0.4, -0.2) is 63.8 Å². The van der Waals surface area contributed by atoms with E-state index >= 15 is 0 Å². The zero-order valence-electron chi connectivity index (χ0n) is 16.7. The van der Waals surface area contributed by atoms with E-state index in [9.17, 15) is 0 Å². The number of hydrogen-bond acceptors (Lipinski definition) is 3. The van der Waals surface area contributed by atoms with Crippen LogP contribution in [0.3, 0.4) is 0 Å². The molecule has 0 heterocycles. The standard InChI is InChI=1S/C18H40N4O/c1-9-19-17(21-13-18(5,6)14-22(7)8)20-12-11-16(15(3)4)23-10-2/h15-16H,9-14H2,1-8H3,(H2,19,20,21). The Morgan fingerprint density at radius 2 is 1.83 bits per heavy atom. The molecule has 5 nitrogen and oxygen atoms in total. The first kappa shape index (κ1) is 22.2. The summed E-state index contributed by atoms with van der Waals surface area (Å²) in [7, 11) is 4.21. The Kier molecular flexibility index (Phi) is 11.3. The summed E-state index contributed by atoms with van der Waals surface area (Å²) in [6.07, 6.45) is 1.30. The summed E-state index contributed by atoms with van der Waals surface area (Å²) in [5.74, 6) is 1.44. The maximum absolute atomic E-state index is 5.80. The molecule has 0 saturated heterocycles. The fourth-order valence-electron chi connectivity index (χ4n) is 2.70. The minimum Gasteiger partial charge on any atom is -0.378 e. The summed E-state index contributed by atoms with van der Waals surface area (Å²) in [4.78, 5) is 6.97. The SMILES string of the molecule is CCNC(=NCC(C)(C)CN(C)C)NCCC(OCC)C(C)C. The monoisotopic (exact) mass is 328 g/mol. The minimum absolute atomic E-state index is 0.164. The number of nitrogens with one attached hydrogen (secondary N) is 2. The van der Waals surface area contributed by atoms with E-state index in [1.165, 1.54) is 0 Å². The van der Waals surface area contributed by atoms with Gasteiger partial charge in [-0.05, 0) is 45.7 Å². The van der Waals surface area contributed by atoms with E-state index in [0.29, 0.717) is 12.0 Å². The summed E-state index contributed by atoms with van der Waals surface area (Å²) in [6, 6.07) is 0. The van der Waals surface area contributed by atoms with Crippen molar-refractivity contribution in [1.29, 1.82) is 0 Å². The van der Waals surface area contributed by atoms with Crippen LogP contribution in [0.4, 0.5) is 0 Å². The predicted molar refractivity (Wildman–Crippen MR) is 101 cm³/mol. The lowest BCUT2D eigenvalue weighted by Crippen LogP contribution is -2.40. The van der Waals surface area contributed by atoms with Crippen LogP contribution in [-0.2, 0) is 4.74 Å². The molecule has 0 rings (SSSR count). The molecular weight excluding hydrogens is 288 g/mol. The van der Waals surface area contributed by atoms with Crippen molar-refractivity contribution in [3.05, 3.63) is 0 Å². The average molecular weight is 329 g/mol. The minimum atomic E-state index is 0.164. The van der Waals surface area contributed by atoms with Crippen molar-refractivity contribution >= 4 is 5.96 Å². The van der Waals surface area contributed by atoms with Crippen molar-refractivity contribution in [2.24, 2.45) is 16.3 Å². The molecule has 0 saturated carbocycles. The van der Waals surface area contributed by atoms with E-state index in [0.717, 1.165) is 45.2 Å². The van der Waals surface area contributed by atoms with Crippen LogP contribution >= 0.6 is 0 Å². The van der Waals surface area contributed by atoms with Gasteiger partial charge in [0.25, 0.3) is 0 Å². The lowest BCUT2D eigenvalue weighted by molar-refractivity contribution is 0.0258. The maximum Gasteiger partial charge on any atom is 0.191 e. The molecule has 0 aliphatic rings. The maximum atomic E-state index is 5.80. The van der Waals surface area contributed by atoms with Crippen molar-refractivity contribution in [3.63, 3.8) is 0 Å². The van der Waals surface area contributed by atoms with Crippen LogP contribution in [0.5, 0.6) is 0 Å². The zero-order chi connectivity index (χ0) is 17.9. The third-order valence-corrected chi connectivity index (χ3v) is 3.60. The number of aliphatic imine (C=N–C) groups is 1. The Hall–Kier alpha value is -0.810. The van der Waals surface area contributed by atoms with E-state index in [1.807, 2.05) is 0 Å². The Bertz CT molecular complexity index is 327. The van der Waals surface area contributed by atoms with Crippen molar-refractivity contribution in [3.8, 4) is 0 Å². The van der Waals surface area contributed by atoms with Gasteiger partial charge >= 0.3 is 0 Å².